The van der Waals surface area contributed by atoms with E-state index in [0.717, 1.165) is 30.7 Å². The van der Waals surface area contributed by atoms with Gasteiger partial charge in [0, 0.05) is 0 Å². The molecule has 3 aromatic carbocycles. The molecular weight excluding hydrogens is 425 g/mol. The van der Waals surface area contributed by atoms with Gasteiger partial charge in [-0.05, 0) is 79.2 Å². The van der Waals surface area contributed by atoms with Gasteiger partial charge in [-0.3, -0.25) is 0 Å². The fourth-order valence-corrected chi connectivity index (χ4v) is 2.61. The van der Waals surface area contributed by atoms with Crippen molar-refractivity contribution in [3.8, 4) is 17.2 Å². The van der Waals surface area contributed by atoms with Crippen molar-refractivity contribution in [2.75, 3.05) is 6.61 Å². The van der Waals surface area contributed by atoms with Crippen LogP contribution < -0.4 is 14.2 Å². The van der Waals surface area contributed by atoms with E-state index < -0.39 is 23.7 Å². The zero-order chi connectivity index (χ0) is 23.1. The summed E-state index contributed by atoms with van der Waals surface area (Å²) in [6, 6.07) is 15.9. The second kappa shape index (κ2) is 10.00. The normalized spacial score (nSPS) is 11.0. The van der Waals surface area contributed by atoms with E-state index in [1.54, 1.807) is 24.3 Å². The van der Waals surface area contributed by atoms with Gasteiger partial charge < -0.3 is 14.2 Å². The zero-order valence-electron chi connectivity index (χ0n) is 17.0. The average molecular weight is 444 g/mol. The Morgan fingerprint density at radius 1 is 0.688 bits per heavy atom. The lowest BCUT2D eigenvalue weighted by molar-refractivity contribution is -0.137. The van der Waals surface area contributed by atoms with E-state index in [1.165, 1.54) is 24.3 Å². The Labute approximate surface area is 182 Å². The molecule has 0 fully saturated rings. The van der Waals surface area contributed by atoms with Gasteiger partial charge in [-0.1, -0.05) is 6.92 Å². The minimum atomic E-state index is -4.49. The maximum atomic E-state index is 12.6. The Hall–Kier alpha value is -3.81. The fourth-order valence-electron chi connectivity index (χ4n) is 2.61. The molecule has 0 bridgehead atoms. The first-order valence-electron chi connectivity index (χ1n) is 9.71. The van der Waals surface area contributed by atoms with Gasteiger partial charge in [0.2, 0.25) is 0 Å². The monoisotopic (exact) mass is 444 g/mol. The standard InChI is InChI=1S/C24H19F3O5/c1-2-15-30-19-11-13-21(14-12-19)32-23(29)17-5-9-20(10-6-17)31-22(28)16-3-7-18(8-4-16)24(25,26)27/h3-14H,2,15H2,1H3. The first-order valence-corrected chi connectivity index (χ1v) is 9.71. The lowest BCUT2D eigenvalue weighted by Gasteiger charge is -2.09. The molecule has 32 heavy (non-hydrogen) atoms. The molecule has 0 heterocycles. The van der Waals surface area contributed by atoms with Crippen LogP contribution in [0.3, 0.4) is 0 Å². The van der Waals surface area contributed by atoms with Crippen LogP contribution in [0, 0.1) is 0 Å². The number of carbonyl (C=O) groups is 2. The third-order valence-electron chi connectivity index (χ3n) is 4.26. The molecule has 0 aromatic heterocycles. The topological polar surface area (TPSA) is 61.8 Å². The van der Waals surface area contributed by atoms with Gasteiger partial charge in [-0.2, -0.15) is 13.2 Å². The molecule has 3 rings (SSSR count). The molecule has 3 aromatic rings. The second-order valence-corrected chi connectivity index (χ2v) is 6.70. The van der Waals surface area contributed by atoms with Crippen LogP contribution in [0.25, 0.3) is 0 Å². The predicted molar refractivity (Wildman–Crippen MR) is 110 cm³/mol. The van der Waals surface area contributed by atoms with Gasteiger partial charge in [0.05, 0.1) is 23.3 Å². The summed E-state index contributed by atoms with van der Waals surface area (Å²) in [5.41, 5.74) is -0.668. The number of hydrogen-bond acceptors (Lipinski definition) is 5. The predicted octanol–water partition coefficient (Wildman–Crippen LogP) is 5.93. The highest BCUT2D eigenvalue weighted by molar-refractivity contribution is 5.92. The molecule has 166 valence electrons. The van der Waals surface area contributed by atoms with Crippen LogP contribution in [0.5, 0.6) is 17.2 Å². The van der Waals surface area contributed by atoms with Crippen molar-refractivity contribution < 1.29 is 37.0 Å². The third-order valence-corrected chi connectivity index (χ3v) is 4.26. The van der Waals surface area contributed by atoms with Crippen molar-refractivity contribution in [1.29, 1.82) is 0 Å². The Morgan fingerprint density at radius 3 is 1.53 bits per heavy atom. The molecule has 0 unspecified atom stereocenters. The highest BCUT2D eigenvalue weighted by atomic mass is 19.4. The molecule has 8 heteroatoms. The summed E-state index contributed by atoms with van der Waals surface area (Å²) in [6.45, 7) is 2.59. The van der Waals surface area contributed by atoms with E-state index >= 15 is 0 Å². The van der Waals surface area contributed by atoms with E-state index in [4.69, 9.17) is 14.2 Å². The van der Waals surface area contributed by atoms with Crippen LogP contribution in [-0.2, 0) is 6.18 Å². The average Bonchev–Trinajstić information content (AvgIpc) is 2.78. The quantitative estimate of drug-likeness (QED) is 0.334. The molecule has 5 nitrogen and oxygen atoms in total. The molecule has 0 saturated heterocycles. The molecule has 0 aliphatic carbocycles. The molecule has 0 radical (unpaired) electrons. The van der Waals surface area contributed by atoms with Gasteiger partial charge in [0.25, 0.3) is 0 Å². The number of halogens is 3. The zero-order valence-corrected chi connectivity index (χ0v) is 17.0. The smallest absolute Gasteiger partial charge is 0.416 e. The van der Waals surface area contributed by atoms with E-state index in [9.17, 15) is 22.8 Å². The number of carbonyl (C=O) groups excluding carboxylic acids is 2. The highest BCUT2D eigenvalue weighted by Gasteiger charge is 2.30. The van der Waals surface area contributed by atoms with Crippen molar-refractivity contribution in [2.24, 2.45) is 0 Å². The molecule has 0 saturated carbocycles. The fraction of sp³-hybridized carbons (Fsp3) is 0.167. The third kappa shape index (κ3) is 6.10. The van der Waals surface area contributed by atoms with Crippen LogP contribution in [0.2, 0.25) is 0 Å². The molecule has 0 aliphatic heterocycles. The number of rotatable bonds is 7. The SMILES string of the molecule is CCCOc1ccc(OC(=O)c2ccc(OC(=O)c3ccc(C(F)(F)F)cc3)cc2)cc1. The summed E-state index contributed by atoms with van der Waals surface area (Å²) < 4.78 is 53.7. The van der Waals surface area contributed by atoms with Gasteiger partial charge >= 0.3 is 18.1 Å². The summed E-state index contributed by atoms with van der Waals surface area (Å²) in [7, 11) is 0. The lowest BCUT2D eigenvalue weighted by atomic mass is 10.1. The van der Waals surface area contributed by atoms with E-state index in [1.807, 2.05) is 6.92 Å². The number of benzene rings is 3. The van der Waals surface area contributed by atoms with Crippen LogP contribution in [0.15, 0.2) is 72.8 Å². The molecular formula is C24H19F3O5. The number of hydrogen-bond donors (Lipinski definition) is 0. The Morgan fingerprint density at radius 2 is 1.09 bits per heavy atom. The van der Waals surface area contributed by atoms with Crippen LogP contribution in [-0.4, -0.2) is 18.5 Å². The van der Waals surface area contributed by atoms with Gasteiger partial charge in [-0.15, -0.1) is 0 Å². The summed E-state index contributed by atoms with van der Waals surface area (Å²) in [4.78, 5) is 24.4. The summed E-state index contributed by atoms with van der Waals surface area (Å²) in [5, 5.41) is 0. The summed E-state index contributed by atoms with van der Waals surface area (Å²) in [6.07, 6.45) is -3.61. The maximum absolute atomic E-state index is 12.6. The Kier molecular flexibility index (Phi) is 7.14. The van der Waals surface area contributed by atoms with Gasteiger partial charge in [0.1, 0.15) is 17.2 Å². The van der Waals surface area contributed by atoms with Crippen molar-refractivity contribution in [1.82, 2.24) is 0 Å². The van der Waals surface area contributed by atoms with Crippen molar-refractivity contribution >= 4 is 11.9 Å². The molecule has 0 N–H and O–H groups in total. The molecule has 0 atom stereocenters. The van der Waals surface area contributed by atoms with E-state index in [2.05, 4.69) is 0 Å². The largest absolute Gasteiger partial charge is 0.494 e. The van der Waals surface area contributed by atoms with E-state index in [-0.39, 0.29) is 16.9 Å². The lowest BCUT2D eigenvalue weighted by Crippen LogP contribution is -2.11. The number of alkyl halides is 3. The van der Waals surface area contributed by atoms with Gasteiger partial charge in [0.15, 0.2) is 0 Å². The first kappa shape index (κ1) is 22.9. The summed E-state index contributed by atoms with van der Waals surface area (Å²) in [5.74, 6) is -0.279. The van der Waals surface area contributed by atoms with Crippen LogP contribution in [0.1, 0.15) is 39.6 Å². The van der Waals surface area contributed by atoms with Crippen molar-refractivity contribution in [3.63, 3.8) is 0 Å². The van der Waals surface area contributed by atoms with Gasteiger partial charge in [-0.25, -0.2) is 9.59 Å². The summed E-state index contributed by atoms with van der Waals surface area (Å²) >= 11 is 0. The molecule has 0 aliphatic rings. The van der Waals surface area contributed by atoms with Crippen molar-refractivity contribution in [3.05, 3.63) is 89.5 Å². The highest BCUT2D eigenvalue weighted by Crippen LogP contribution is 2.29. The van der Waals surface area contributed by atoms with Crippen LogP contribution >= 0.6 is 0 Å². The van der Waals surface area contributed by atoms with Crippen LogP contribution in [0.4, 0.5) is 13.2 Å². The minimum Gasteiger partial charge on any atom is -0.494 e. The van der Waals surface area contributed by atoms with E-state index in [0.29, 0.717) is 18.1 Å². The number of ether oxygens (including phenoxy) is 3. The first-order chi connectivity index (χ1) is 15.3. The number of esters is 2. The Bertz CT molecular complexity index is 1060. The Balaban J connectivity index is 1.58. The molecule has 0 amide bonds. The minimum absolute atomic E-state index is 0.0344. The maximum Gasteiger partial charge on any atom is 0.416 e. The second-order valence-electron chi connectivity index (χ2n) is 6.70. The van der Waals surface area contributed by atoms with Crippen molar-refractivity contribution in [2.45, 2.75) is 19.5 Å². The molecule has 0 spiro atoms.